The summed E-state index contributed by atoms with van der Waals surface area (Å²) < 4.78 is 19.9. The Labute approximate surface area is 276 Å². The lowest BCUT2D eigenvalue weighted by atomic mass is 10.0. The quantitative estimate of drug-likeness (QED) is 0.294. The maximum absolute atomic E-state index is 13.8. The Morgan fingerprint density at radius 3 is 2.68 bits per heavy atom. The molecule has 44 heavy (non-hydrogen) atoms. The highest BCUT2D eigenvalue weighted by molar-refractivity contribution is 7.59. The first-order chi connectivity index (χ1) is 20.4. The van der Waals surface area contributed by atoms with Crippen LogP contribution in [0.2, 0.25) is 5.02 Å². The fourth-order valence-corrected chi connectivity index (χ4v) is 6.55. The van der Waals surface area contributed by atoms with Crippen LogP contribution < -0.4 is 19.9 Å². The number of hydrogen-bond acceptors (Lipinski definition) is 7. The van der Waals surface area contributed by atoms with Gasteiger partial charge in [-0.1, -0.05) is 42.4 Å². The molecule has 3 aliphatic rings. The maximum atomic E-state index is 13.8. The van der Waals surface area contributed by atoms with Crippen LogP contribution in [0.25, 0.3) is 15.6 Å². The van der Waals surface area contributed by atoms with Crippen molar-refractivity contribution in [1.29, 1.82) is 0 Å². The van der Waals surface area contributed by atoms with Gasteiger partial charge in [0.05, 0.1) is 17.3 Å². The molecule has 0 bridgehead atoms. The van der Waals surface area contributed by atoms with Gasteiger partial charge in [-0.2, -0.15) is 37.0 Å². The highest BCUT2D eigenvalue weighted by Crippen LogP contribution is 2.37. The number of amides is 1. The Bertz CT molecular complexity index is 1560. The summed E-state index contributed by atoms with van der Waals surface area (Å²) in [6, 6.07) is 12.2. The highest BCUT2D eigenvalue weighted by Gasteiger charge is 2.36. The van der Waals surface area contributed by atoms with E-state index >= 15 is 0 Å². The van der Waals surface area contributed by atoms with Crippen LogP contribution in [0.4, 0.5) is 15.9 Å². The number of fused-ring (bicyclic) bond motifs is 2. The molecule has 2 saturated heterocycles. The van der Waals surface area contributed by atoms with Crippen molar-refractivity contribution in [3.8, 4) is 6.01 Å². The zero-order valence-electron chi connectivity index (χ0n) is 24.4. The van der Waals surface area contributed by atoms with Crippen molar-refractivity contribution in [1.82, 2.24) is 20.2 Å². The number of anilines is 2. The number of piperazine rings is 1. The first-order valence-electron chi connectivity index (χ1n) is 14.3. The normalized spacial score (nSPS) is 19.4. The highest BCUT2D eigenvalue weighted by atomic mass is 35.5. The van der Waals surface area contributed by atoms with Crippen molar-refractivity contribution in [2.24, 2.45) is 0 Å². The summed E-state index contributed by atoms with van der Waals surface area (Å²) in [5, 5.41) is 6.25. The maximum Gasteiger partial charge on any atom is 0.318 e. The zero-order chi connectivity index (χ0) is 29.2. The third-order valence-electron chi connectivity index (χ3n) is 8.35. The van der Waals surface area contributed by atoms with Crippen molar-refractivity contribution in [3.63, 3.8) is 0 Å². The summed E-state index contributed by atoms with van der Waals surface area (Å²) in [6.45, 7) is 14.5. The summed E-state index contributed by atoms with van der Waals surface area (Å²) in [6.07, 6.45) is 2.86. The molecule has 3 aromatic rings. The molecule has 3 aliphatic heterocycles. The fraction of sp³-hybridized carbons (Fsp3) is 0.419. The van der Waals surface area contributed by atoms with Gasteiger partial charge in [-0.25, -0.2) is 11.0 Å². The molecule has 2 aromatic carbocycles. The van der Waals surface area contributed by atoms with Gasteiger partial charge in [0.1, 0.15) is 18.5 Å². The Morgan fingerprint density at radius 2 is 1.95 bits per heavy atom. The molecule has 2 atom stereocenters. The van der Waals surface area contributed by atoms with Crippen molar-refractivity contribution >= 4 is 66.8 Å². The van der Waals surface area contributed by atoms with Crippen LogP contribution in [-0.2, 0) is 17.8 Å². The van der Waals surface area contributed by atoms with Crippen LogP contribution in [-0.4, -0.2) is 78.7 Å². The minimum atomic E-state index is -1.01. The summed E-state index contributed by atoms with van der Waals surface area (Å²) in [7, 11) is 0. The number of nitrogens with one attached hydrogen (secondary N) is 1. The molecule has 9 nitrogen and oxygen atoms in total. The van der Waals surface area contributed by atoms with Crippen LogP contribution in [0.1, 0.15) is 24.1 Å². The Hall–Kier alpha value is -3.24. The van der Waals surface area contributed by atoms with Gasteiger partial charge in [0, 0.05) is 48.9 Å². The minimum absolute atomic E-state index is 0. The van der Waals surface area contributed by atoms with E-state index in [2.05, 4.69) is 44.7 Å². The second-order valence-electron chi connectivity index (χ2n) is 11.0. The standard InChI is InChI=1S/C31H33ClFN7O2.2H2S/c1-20(33)30(41)40-15-14-39(17-23(40)16-34-2)29-24-11-13-38(27-10-4-7-21-6-3-9-25(32)28(21)27)18-26(24)36-31(37-29)42-19-22-8-5-12-35-22;;/h3-4,6-7,9-10,22-23,35H,1,5,8,11-19H2;2*1H2/t22-,23-;;/m0../s1. The predicted molar refractivity (Wildman–Crippen MR) is 182 cm³/mol. The Morgan fingerprint density at radius 1 is 1.16 bits per heavy atom. The number of nitrogens with zero attached hydrogens (tertiary/aromatic N) is 6. The van der Waals surface area contributed by atoms with Gasteiger partial charge in [0.15, 0.2) is 5.83 Å². The number of hydrogen-bond donors (Lipinski definition) is 1. The van der Waals surface area contributed by atoms with Crippen molar-refractivity contribution in [2.45, 2.75) is 37.9 Å². The van der Waals surface area contributed by atoms with E-state index in [-0.39, 0.29) is 46.1 Å². The molecule has 0 aliphatic carbocycles. The molecule has 234 valence electrons. The lowest BCUT2D eigenvalue weighted by Gasteiger charge is -2.41. The lowest BCUT2D eigenvalue weighted by Crippen LogP contribution is -2.57. The number of carbonyl (C=O) groups is 1. The van der Waals surface area contributed by atoms with E-state index in [9.17, 15) is 9.18 Å². The monoisotopic (exact) mass is 657 g/mol. The number of rotatable bonds is 7. The summed E-state index contributed by atoms with van der Waals surface area (Å²) in [5.41, 5.74) is 2.96. The topological polar surface area (TPSA) is 78.2 Å². The second-order valence-corrected chi connectivity index (χ2v) is 11.4. The van der Waals surface area contributed by atoms with Gasteiger partial charge < -0.3 is 29.6 Å². The Balaban J connectivity index is 0.00000221. The molecule has 0 saturated carbocycles. The van der Waals surface area contributed by atoms with E-state index in [1.165, 1.54) is 4.90 Å². The molecule has 1 aromatic heterocycles. The van der Waals surface area contributed by atoms with Gasteiger partial charge in [-0.05, 0) is 43.3 Å². The van der Waals surface area contributed by atoms with Gasteiger partial charge >= 0.3 is 6.01 Å². The summed E-state index contributed by atoms with van der Waals surface area (Å²) in [4.78, 5) is 31.6. The van der Waals surface area contributed by atoms with Crippen LogP contribution in [0.3, 0.4) is 0 Å². The zero-order valence-corrected chi connectivity index (χ0v) is 27.1. The molecule has 4 heterocycles. The van der Waals surface area contributed by atoms with Crippen molar-refractivity contribution in [2.75, 3.05) is 55.7 Å². The van der Waals surface area contributed by atoms with E-state index in [1.807, 2.05) is 18.2 Å². The number of carbonyl (C=O) groups excluding carboxylic acids is 1. The van der Waals surface area contributed by atoms with Gasteiger partial charge in [-0.15, -0.1) is 0 Å². The van der Waals surface area contributed by atoms with E-state index in [0.29, 0.717) is 43.7 Å². The molecule has 0 spiro atoms. The van der Waals surface area contributed by atoms with Crippen LogP contribution >= 0.6 is 38.6 Å². The first kappa shape index (κ1) is 33.6. The third kappa shape index (κ3) is 6.86. The van der Waals surface area contributed by atoms with E-state index in [1.54, 1.807) is 0 Å². The largest absolute Gasteiger partial charge is 0.462 e. The average Bonchev–Trinajstić information content (AvgIpc) is 3.53. The molecule has 0 radical (unpaired) electrons. The molecule has 6 rings (SSSR count). The van der Waals surface area contributed by atoms with Crippen molar-refractivity contribution in [3.05, 3.63) is 76.5 Å². The van der Waals surface area contributed by atoms with Crippen LogP contribution in [0, 0.1) is 6.57 Å². The lowest BCUT2D eigenvalue weighted by molar-refractivity contribution is -0.131. The van der Waals surface area contributed by atoms with E-state index in [0.717, 1.165) is 59.5 Å². The third-order valence-corrected chi connectivity index (χ3v) is 8.66. The van der Waals surface area contributed by atoms with Gasteiger partial charge in [-0.3, -0.25) is 4.79 Å². The Kier molecular flexibility index (Phi) is 11.2. The second kappa shape index (κ2) is 14.7. The van der Waals surface area contributed by atoms with E-state index in [4.69, 9.17) is 32.9 Å². The van der Waals surface area contributed by atoms with Gasteiger partial charge in [0.25, 0.3) is 5.91 Å². The summed E-state index contributed by atoms with van der Waals surface area (Å²) >= 11 is 6.67. The molecule has 0 unspecified atom stereocenters. The molecular weight excluding hydrogens is 621 g/mol. The van der Waals surface area contributed by atoms with Crippen LogP contribution in [0.15, 0.2) is 48.8 Å². The number of aromatic nitrogens is 2. The number of benzene rings is 2. The van der Waals surface area contributed by atoms with Crippen molar-refractivity contribution < 1.29 is 13.9 Å². The van der Waals surface area contributed by atoms with Gasteiger partial charge in [0.2, 0.25) is 6.54 Å². The minimum Gasteiger partial charge on any atom is -0.462 e. The molecule has 1 amide bonds. The first-order valence-corrected chi connectivity index (χ1v) is 14.7. The number of halogens is 2. The summed E-state index contributed by atoms with van der Waals surface area (Å²) in [5.74, 6) is -1.01. The predicted octanol–water partition coefficient (Wildman–Crippen LogP) is 4.62. The molecular formula is C31H37ClFN7O2S2. The molecule has 13 heteroatoms. The average molecular weight is 658 g/mol. The van der Waals surface area contributed by atoms with Crippen LogP contribution in [0.5, 0.6) is 6.01 Å². The smallest absolute Gasteiger partial charge is 0.318 e. The molecule has 1 N–H and O–H groups in total. The molecule has 2 fully saturated rings. The fourth-order valence-electron chi connectivity index (χ4n) is 6.27. The number of ether oxygens (including phenoxy) is 1. The van der Waals surface area contributed by atoms with E-state index < -0.39 is 17.8 Å². The SMILES string of the molecule is S.S.[C-]#[N+]C[C@H]1CN(c2nc(OC[C@@H]3CCCN3)nc3c2CCN(c2cccc4cccc(Cl)c24)C3)CCN1C(=O)C(=C)F.